The lowest BCUT2D eigenvalue weighted by molar-refractivity contribution is -0.384. The van der Waals surface area contributed by atoms with Crippen LogP contribution in [-0.2, 0) is 9.59 Å². The smallest absolute Gasteiger partial charge is 0.269 e. The highest BCUT2D eigenvalue weighted by Crippen LogP contribution is 2.45. The zero-order chi connectivity index (χ0) is 18.3. The highest BCUT2D eigenvalue weighted by atomic mass is 16.6. The van der Waals surface area contributed by atoms with E-state index in [4.69, 9.17) is 0 Å². The van der Waals surface area contributed by atoms with Crippen LogP contribution in [0.15, 0.2) is 46.8 Å². The summed E-state index contributed by atoms with van der Waals surface area (Å²) >= 11 is 0. The number of nitro groups is 1. The van der Waals surface area contributed by atoms with Gasteiger partial charge in [-0.15, -0.1) is 0 Å². The summed E-state index contributed by atoms with van der Waals surface area (Å²) in [5.74, 6) is -0.595. The molecule has 0 bridgehead atoms. The fraction of sp³-hybridized carbons (Fsp3) is 0.368. The van der Waals surface area contributed by atoms with Crippen LogP contribution >= 0.6 is 0 Å². The Kier molecular flexibility index (Phi) is 4.29. The number of allylic oxidation sites excluding steroid dienone is 4. The molecule has 1 aromatic rings. The fourth-order valence-corrected chi connectivity index (χ4v) is 3.98. The van der Waals surface area contributed by atoms with E-state index in [0.717, 1.165) is 36.3 Å². The number of non-ortho nitro benzene ring substituents is 1. The van der Waals surface area contributed by atoms with Crippen molar-refractivity contribution in [1.82, 2.24) is 4.90 Å². The normalized spacial score (nSPS) is 20.0. The highest BCUT2D eigenvalue weighted by molar-refractivity contribution is 6.03. The molecule has 0 aromatic heterocycles. The first kappa shape index (κ1) is 17.1. The Morgan fingerprint density at radius 2 is 1.72 bits per heavy atom. The predicted octanol–water partition coefficient (Wildman–Crippen LogP) is 3.49. The van der Waals surface area contributed by atoms with Gasteiger partial charge in [-0.3, -0.25) is 19.7 Å². The highest BCUT2D eigenvalue weighted by Gasteiger charge is 2.39. The number of benzene rings is 1. The van der Waals surface area contributed by atoms with Gasteiger partial charge in [0.1, 0.15) is 0 Å². The van der Waals surface area contributed by atoms with Gasteiger partial charge in [0.15, 0.2) is 11.6 Å². The van der Waals surface area contributed by atoms with Gasteiger partial charge in [0.2, 0.25) is 0 Å². The molecule has 2 heterocycles. The van der Waals surface area contributed by atoms with Crippen LogP contribution in [0.1, 0.15) is 45.1 Å². The Morgan fingerprint density at radius 1 is 1.12 bits per heavy atom. The minimum absolute atomic E-state index is 0.0100. The van der Waals surface area contributed by atoms with Crippen molar-refractivity contribution in [2.75, 3.05) is 6.54 Å². The van der Waals surface area contributed by atoms with Crippen LogP contribution in [0.25, 0.3) is 0 Å². The van der Waals surface area contributed by atoms with Crippen molar-refractivity contribution in [2.45, 2.75) is 39.5 Å². The largest absolute Gasteiger partial charge is 0.348 e. The van der Waals surface area contributed by atoms with Crippen LogP contribution in [0.3, 0.4) is 0 Å². The van der Waals surface area contributed by atoms with E-state index in [1.54, 1.807) is 12.1 Å². The summed E-state index contributed by atoms with van der Waals surface area (Å²) in [7, 11) is 0. The summed E-state index contributed by atoms with van der Waals surface area (Å²) in [6.45, 7) is 5.75. The van der Waals surface area contributed by atoms with Crippen molar-refractivity contribution in [1.29, 1.82) is 0 Å². The average molecular weight is 340 g/mol. The van der Waals surface area contributed by atoms with Gasteiger partial charge in [0.25, 0.3) is 5.69 Å². The molecular weight excluding hydrogens is 320 g/mol. The molecule has 0 saturated carbocycles. The summed E-state index contributed by atoms with van der Waals surface area (Å²) < 4.78 is 0. The van der Waals surface area contributed by atoms with Gasteiger partial charge in [0.05, 0.1) is 4.92 Å². The number of fused-ring (bicyclic) bond motifs is 1. The molecule has 1 saturated heterocycles. The summed E-state index contributed by atoms with van der Waals surface area (Å²) in [4.78, 5) is 37.4. The molecule has 1 fully saturated rings. The molecule has 0 spiro atoms. The first-order valence-corrected chi connectivity index (χ1v) is 8.30. The quantitative estimate of drug-likeness (QED) is 0.619. The maximum Gasteiger partial charge on any atom is 0.269 e. The molecule has 25 heavy (non-hydrogen) atoms. The molecule has 1 aromatic carbocycles. The lowest BCUT2D eigenvalue weighted by atomic mass is 9.77. The zero-order valence-electron chi connectivity index (χ0n) is 14.5. The lowest BCUT2D eigenvalue weighted by Crippen LogP contribution is -2.31. The predicted molar refractivity (Wildman–Crippen MR) is 92.9 cm³/mol. The summed E-state index contributed by atoms with van der Waals surface area (Å²) in [6, 6.07) is 6.14. The fourth-order valence-electron chi connectivity index (χ4n) is 3.98. The van der Waals surface area contributed by atoms with Gasteiger partial charge in [-0.25, -0.2) is 0 Å². The van der Waals surface area contributed by atoms with Crippen LogP contribution in [0.2, 0.25) is 0 Å². The van der Waals surface area contributed by atoms with E-state index in [1.807, 2.05) is 6.92 Å². The molecule has 130 valence electrons. The Hall–Kier alpha value is -2.76. The molecule has 1 atom stereocenters. The SMILES string of the molecule is CC(=O)C1=C(C)N2CCCC2=C(C(C)=O)C1c1ccc([N+](=O)[O-])cc1. The zero-order valence-corrected chi connectivity index (χ0v) is 14.5. The molecule has 0 N–H and O–H groups in total. The summed E-state index contributed by atoms with van der Waals surface area (Å²) in [5, 5.41) is 10.9. The number of nitrogens with zero attached hydrogens (tertiary/aromatic N) is 2. The number of rotatable bonds is 4. The topological polar surface area (TPSA) is 80.5 Å². The summed E-state index contributed by atoms with van der Waals surface area (Å²) in [6.07, 6.45) is 1.75. The van der Waals surface area contributed by atoms with Crippen molar-refractivity contribution in [3.8, 4) is 0 Å². The number of carbonyl (C=O) groups is 2. The van der Waals surface area contributed by atoms with Crippen molar-refractivity contribution < 1.29 is 14.5 Å². The molecule has 1 unspecified atom stereocenters. The standard InChI is InChI=1S/C19H20N2O4/c1-11-17(12(2)22)19(14-6-8-15(9-7-14)21(24)25)18(13(3)23)16-5-4-10-20(11)16/h6-9,19H,4-5,10H2,1-3H3. The maximum atomic E-state index is 12.4. The molecule has 0 radical (unpaired) electrons. The minimum Gasteiger partial charge on any atom is -0.348 e. The minimum atomic E-state index is -0.458. The lowest BCUT2D eigenvalue weighted by Gasteiger charge is -2.36. The van der Waals surface area contributed by atoms with Crippen molar-refractivity contribution in [2.24, 2.45) is 0 Å². The van der Waals surface area contributed by atoms with Crippen molar-refractivity contribution >= 4 is 17.3 Å². The van der Waals surface area contributed by atoms with Gasteiger partial charge < -0.3 is 4.90 Å². The molecule has 2 aliphatic rings. The number of Topliss-reactive ketones (excluding diaryl/α,β-unsaturated/α-hetero) is 2. The van der Waals surface area contributed by atoms with Crippen LogP contribution < -0.4 is 0 Å². The van der Waals surface area contributed by atoms with Gasteiger partial charge in [0, 0.05) is 47.1 Å². The van der Waals surface area contributed by atoms with Crippen molar-refractivity contribution in [3.05, 3.63) is 62.5 Å². The van der Waals surface area contributed by atoms with Gasteiger partial charge in [-0.05, 0) is 39.2 Å². The molecule has 2 aliphatic heterocycles. The summed E-state index contributed by atoms with van der Waals surface area (Å²) in [5.41, 5.74) is 3.84. The van der Waals surface area contributed by atoms with E-state index in [9.17, 15) is 19.7 Å². The van der Waals surface area contributed by atoms with E-state index in [0.29, 0.717) is 11.1 Å². The number of hydrogen-bond donors (Lipinski definition) is 0. The third kappa shape index (κ3) is 2.77. The van der Waals surface area contributed by atoms with E-state index in [2.05, 4.69) is 4.90 Å². The first-order valence-electron chi connectivity index (χ1n) is 8.30. The Balaban J connectivity index is 2.21. The molecule has 0 amide bonds. The second kappa shape index (κ2) is 6.27. The van der Waals surface area contributed by atoms with E-state index < -0.39 is 10.8 Å². The third-order valence-electron chi connectivity index (χ3n) is 5.00. The Bertz CT molecular complexity index is 833. The Morgan fingerprint density at radius 3 is 2.24 bits per heavy atom. The number of nitro benzene ring substituents is 1. The third-order valence-corrected chi connectivity index (χ3v) is 5.00. The number of ketones is 2. The average Bonchev–Trinajstić information content (AvgIpc) is 3.03. The van der Waals surface area contributed by atoms with Gasteiger partial charge in [-0.1, -0.05) is 12.1 Å². The van der Waals surface area contributed by atoms with Crippen LogP contribution in [0, 0.1) is 10.1 Å². The van der Waals surface area contributed by atoms with E-state index in [1.165, 1.54) is 26.0 Å². The molecule has 0 aliphatic carbocycles. The Labute approximate surface area is 146 Å². The molecular formula is C19H20N2O4. The number of hydrogen-bond acceptors (Lipinski definition) is 5. The maximum absolute atomic E-state index is 12.4. The molecule has 6 nitrogen and oxygen atoms in total. The van der Waals surface area contributed by atoms with Crippen LogP contribution in [0.5, 0.6) is 0 Å². The monoisotopic (exact) mass is 340 g/mol. The number of carbonyl (C=O) groups excluding carboxylic acids is 2. The molecule has 3 rings (SSSR count). The van der Waals surface area contributed by atoms with Crippen molar-refractivity contribution in [3.63, 3.8) is 0 Å². The second-order valence-corrected chi connectivity index (χ2v) is 6.51. The van der Waals surface area contributed by atoms with Crippen LogP contribution in [0.4, 0.5) is 5.69 Å². The first-order chi connectivity index (χ1) is 11.8. The van der Waals surface area contributed by atoms with E-state index >= 15 is 0 Å². The van der Waals surface area contributed by atoms with Crippen LogP contribution in [-0.4, -0.2) is 27.9 Å². The molecule has 6 heteroatoms. The van der Waals surface area contributed by atoms with Gasteiger partial charge >= 0.3 is 0 Å². The van der Waals surface area contributed by atoms with E-state index in [-0.39, 0.29) is 17.3 Å². The van der Waals surface area contributed by atoms with Gasteiger partial charge in [-0.2, -0.15) is 0 Å². The second-order valence-electron chi connectivity index (χ2n) is 6.51.